The van der Waals surface area contributed by atoms with E-state index in [9.17, 15) is 39.0 Å². The molecular formula is C43H48N6O9. The number of rotatable bonds is 10. The minimum atomic E-state index is -0.845. The fourth-order valence-electron chi connectivity index (χ4n) is 8.16. The third kappa shape index (κ3) is 8.20. The number of carbonyl (C=O) groups excluding carboxylic acids is 6. The molecule has 0 saturated carbocycles. The number of carbonyl (C=O) groups is 6. The number of urea groups is 1. The average Bonchev–Trinajstić information content (AvgIpc) is 3.53. The normalized spacial score (nSPS) is 19.8. The lowest BCUT2D eigenvalue weighted by atomic mass is 9.90. The Balaban J connectivity index is 0.911. The molecule has 7 rings (SSSR count). The third-order valence-electron chi connectivity index (χ3n) is 11.4. The highest BCUT2D eigenvalue weighted by Gasteiger charge is 2.40. The van der Waals surface area contributed by atoms with E-state index in [4.69, 9.17) is 4.74 Å². The summed E-state index contributed by atoms with van der Waals surface area (Å²) in [6, 6.07) is 14.3. The van der Waals surface area contributed by atoms with Gasteiger partial charge in [-0.3, -0.25) is 34.7 Å². The van der Waals surface area contributed by atoms with Crippen molar-refractivity contribution in [3.05, 3.63) is 88.5 Å². The van der Waals surface area contributed by atoms with Crippen molar-refractivity contribution in [2.24, 2.45) is 5.92 Å². The van der Waals surface area contributed by atoms with Gasteiger partial charge in [-0.15, -0.1) is 0 Å². The number of nitrogens with zero attached hydrogens (tertiary/aromatic N) is 3. The summed E-state index contributed by atoms with van der Waals surface area (Å²) in [4.78, 5) is 81.0. The number of benzene rings is 3. The molecule has 3 aromatic carbocycles. The Morgan fingerprint density at radius 2 is 1.69 bits per heavy atom. The molecule has 5 N–H and O–H groups in total. The van der Waals surface area contributed by atoms with Gasteiger partial charge < -0.3 is 30.1 Å². The standard InChI is InChI=1S/C43H48N6O9/c1-4-27-19-35(31-20-30(24(2)3)36(50)21-37(31)51)49(42(56)44-27)28-10-8-25(9-11-28)18-26-14-16-47(17-15-26)39(53)23-58-43(57)45-33-7-5-6-29-32(33)22-48(41(29)55)34-12-13-38(52)46-40(34)54/h5-11,19-21,24,26-27,34,50-51H,4,12-18,22-23H2,1-3H3,(H,44,56)(H,45,57)(H,46,52,54). The largest absolute Gasteiger partial charge is 0.508 e. The van der Waals surface area contributed by atoms with Crippen LogP contribution in [0.5, 0.6) is 11.5 Å². The van der Waals surface area contributed by atoms with Gasteiger partial charge in [0, 0.05) is 54.5 Å². The molecule has 4 heterocycles. The van der Waals surface area contributed by atoms with Crippen LogP contribution in [0, 0.1) is 5.92 Å². The number of ether oxygens (including phenoxy) is 1. The van der Waals surface area contributed by atoms with Gasteiger partial charge in [-0.05, 0) is 91.5 Å². The van der Waals surface area contributed by atoms with Gasteiger partial charge >= 0.3 is 12.1 Å². The van der Waals surface area contributed by atoms with Crippen LogP contribution < -0.4 is 20.9 Å². The molecule has 2 atom stereocenters. The van der Waals surface area contributed by atoms with Crippen LogP contribution in [-0.2, 0) is 32.1 Å². The maximum absolute atomic E-state index is 13.5. The maximum atomic E-state index is 13.5. The summed E-state index contributed by atoms with van der Waals surface area (Å²) < 4.78 is 5.28. The Morgan fingerprint density at radius 3 is 2.38 bits per heavy atom. The SMILES string of the molecule is CCC1C=C(c2cc(C(C)C)c(O)cc2O)N(c2ccc(CC3CCN(C(=O)COC(=O)Nc4cccc5c4CN(C4CCC(=O)NC4=O)C5=O)CC3)cc2)C(=O)N1. The molecule has 0 radical (unpaired) electrons. The highest BCUT2D eigenvalue weighted by Crippen LogP contribution is 2.40. The van der Waals surface area contributed by atoms with E-state index in [1.807, 2.05) is 51.1 Å². The molecule has 58 heavy (non-hydrogen) atoms. The first-order chi connectivity index (χ1) is 27.8. The second-order valence-corrected chi connectivity index (χ2v) is 15.6. The third-order valence-corrected chi connectivity index (χ3v) is 11.4. The molecule has 0 aromatic heterocycles. The Kier molecular flexibility index (Phi) is 11.4. The molecule has 0 bridgehead atoms. The summed E-state index contributed by atoms with van der Waals surface area (Å²) in [6.45, 7) is 6.51. The predicted molar refractivity (Wildman–Crippen MR) is 214 cm³/mol. The first-order valence-corrected chi connectivity index (χ1v) is 19.8. The lowest BCUT2D eigenvalue weighted by molar-refractivity contribution is -0.137. The summed E-state index contributed by atoms with van der Waals surface area (Å²) in [5.41, 5.74) is 4.58. The fourth-order valence-corrected chi connectivity index (χ4v) is 8.16. The minimum absolute atomic E-state index is 0.00172. The van der Waals surface area contributed by atoms with Gasteiger partial charge in [0.25, 0.3) is 11.8 Å². The molecule has 15 nitrogen and oxygen atoms in total. The molecule has 0 spiro atoms. The smallest absolute Gasteiger partial charge is 0.412 e. The van der Waals surface area contributed by atoms with Gasteiger partial charge in [0.2, 0.25) is 11.8 Å². The van der Waals surface area contributed by atoms with Gasteiger partial charge in [0.15, 0.2) is 6.61 Å². The number of hydrogen-bond donors (Lipinski definition) is 5. The zero-order valence-corrected chi connectivity index (χ0v) is 32.7. The number of fused-ring (bicyclic) bond motifs is 1. The zero-order chi connectivity index (χ0) is 41.2. The van der Waals surface area contributed by atoms with Gasteiger partial charge in [-0.2, -0.15) is 0 Å². The van der Waals surface area contributed by atoms with E-state index in [-0.39, 0.29) is 66.6 Å². The summed E-state index contributed by atoms with van der Waals surface area (Å²) in [6.07, 6.45) is 4.38. The zero-order valence-electron chi connectivity index (χ0n) is 32.7. The van der Waals surface area contributed by atoms with Crippen molar-refractivity contribution in [3.8, 4) is 11.5 Å². The van der Waals surface area contributed by atoms with Gasteiger partial charge in [0.1, 0.15) is 17.5 Å². The van der Waals surface area contributed by atoms with Crippen LogP contribution in [0.15, 0.2) is 60.7 Å². The highest BCUT2D eigenvalue weighted by molar-refractivity contribution is 6.08. The van der Waals surface area contributed by atoms with E-state index < -0.39 is 24.6 Å². The molecule has 15 heteroatoms. The molecule has 0 aliphatic carbocycles. The molecule has 4 aliphatic heterocycles. The van der Waals surface area contributed by atoms with E-state index in [1.54, 1.807) is 34.1 Å². The molecule has 2 fully saturated rings. The van der Waals surface area contributed by atoms with Crippen LogP contribution >= 0.6 is 0 Å². The van der Waals surface area contributed by atoms with Crippen LogP contribution in [0.4, 0.5) is 21.0 Å². The Morgan fingerprint density at radius 1 is 0.948 bits per heavy atom. The van der Waals surface area contributed by atoms with Crippen LogP contribution in [0.2, 0.25) is 0 Å². The second kappa shape index (κ2) is 16.6. The highest BCUT2D eigenvalue weighted by atomic mass is 16.6. The van der Waals surface area contributed by atoms with Crippen LogP contribution in [0.25, 0.3) is 5.70 Å². The monoisotopic (exact) mass is 792 g/mol. The summed E-state index contributed by atoms with van der Waals surface area (Å²) in [5, 5.41) is 29.3. The van der Waals surface area contributed by atoms with Crippen molar-refractivity contribution in [2.75, 3.05) is 29.9 Å². The van der Waals surface area contributed by atoms with E-state index >= 15 is 0 Å². The van der Waals surface area contributed by atoms with E-state index in [2.05, 4.69) is 16.0 Å². The van der Waals surface area contributed by atoms with Crippen molar-refractivity contribution in [3.63, 3.8) is 0 Å². The van der Waals surface area contributed by atoms with Crippen molar-refractivity contribution in [1.29, 1.82) is 0 Å². The number of anilines is 2. The van der Waals surface area contributed by atoms with Crippen LogP contribution in [-0.4, -0.2) is 87.5 Å². The lowest BCUT2D eigenvalue weighted by Gasteiger charge is -2.34. The lowest BCUT2D eigenvalue weighted by Crippen LogP contribution is -2.52. The number of imide groups is 1. The first kappa shape index (κ1) is 39.8. The van der Waals surface area contributed by atoms with Crippen molar-refractivity contribution in [2.45, 2.75) is 83.8 Å². The molecule has 4 aliphatic rings. The molecular weight excluding hydrogens is 745 g/mol. The summed E-state index contributed by atoms with van der Waals surface area (Å²) >= 11 is 0. The van der Waals surface area contributed by atoms with Gasteiger partial charge in [-0.1, -0.05) is 39.0 Å². The van der Waals surface area contributed by atoms with Crippen molar-refractivity contribution < 1.29 is 43.7 Å². The molecule has 3 aromatic rings. The average molecular weight is 793 g/mol. The van der Waals surface area contributed by atoms with E-state index in [0.29, 0.717) is 64.8 Å². The predicted octanol–water partition coefficient (Wildman–Crippen LogP) is 5.36. The molecule has 2 saturated heterocycles. The maximum Gasteiger partial charge on any atom is 0.412 e. The number of amides is 7. The topological polar surface area (TPSA) is 198 Å². The van der Waals surface area contributed by atoms with Crippen molar-refractivity contribution in [1.82, 2.24) is 20.4 Å². The Bertz CT molecular complexity index is 2180. The summed E-state index contributed by atoms with van der Waals surface area (Å²) in [7, 11) is 0. The van der Waals surface area contributed by atoms with Gasteiger partial charge in [0.05, 0.1) is 17.4 Å². The number of aromatic hydroxyl groups is 2. The van der Waals surface area contributed by atoms with E-state index in [1.165, 1.54) is 11.0 Å². The molecule has 7 amide bonds. The second-order valence-electron chi connectivity index (χ2n) is 15.6. The van der Waals surface area contributed by atoms with Crippen molar-refractivity contribution >= 4 is 52.8 Å². The van der Waals surface area contributed by atoms with Crippen LogP contribution in [0.1, 0.15) is 91.4 Å². The fraction of sp³-hybridized carbons (Fsp3) is 0.395. The summed E-state index contributed by atoms with van der Waals surface area (Å²) in [5.74, 6) is -1.39. The first-order valence-electron chi connectivity index (χ1n) is 19.8. The number of phenolic OH excluding ortho intramolecular Hbond substituents is 2. The quantitative estimate of drug-likeness (QED) is 0.168. The number of phenols is 2. The molecule has 304 valence electrons. The molecule has 2 unspecified atom stereocenters. The Hall–Kier alpha value is -6.38. The number of likely N-dealkylation sites (tertiary alicyclic amines) is 1. The van der Waals surface area contributed by atoms with Gasteiger partial charge in [-0.25, -0.2) is 9.59 Å². The minimum Gasteiger partial charge on any atom is -0.508 e. The number of piperidine rings is 2. The number of hydrogen-bond acceptors (Lipinski definition) is 9. The Labute approximate surface area is 336 Å². The number of nitrogens with one attached hydrogen (secondary N) is 3. The van der Waals surface area contributed by atoms with Crippen LogP contribution in [0.3, 0.4) is 0 Å². The van der Waals surface area contributed by atoms with E-state index in [0.717, 1.165) is 24.8 Å².